The van der Waals surface area contributed by atoms with Crippen molar-refractivity contribution < 1.29 is 14.3 Å². The lowest BCUT2D eigenvalue weighted by Crippen LogP contribution is -2.00. The van der Waals surface area contributed by atoms with Crippen molar-refractivity contribution in [2.24, 2.45) is 0 Å². The van der Waals surface area contributed by atoms with Crippen LogP contribution in [0.3, 0.4) is 0 Å². The molecule has 0 spiro atoms. The van der Waals surface area contributed by atoms with E-state index in [1.807, 2.05) is 0 Å². The van der Waals surface area contributed by atoms with Crippen molar-refractivity contribution >= 4 is 11.8 Å². The van der Waals surface area contributed by atoms with Crippen LogP contribution in [-0.4, -0.2) is 18.4 Å². The molecule has 0 N–H and O–H groups in total. The minimum atomic E-state index is -0.191. The van der Waals surface area contributed by atoms with E-state index in [1.54, 1.807) is 6.92 Å². The quantitative estimate of drug-likeness (QED) is 0.426. The van der Waals surface area contributed by atoms with Gasteiger partial charge in [0.15, 0.2) is 0 Å². The molecule has 0 unspecified atom stereocenters. The first kappa shape index (κ1) is 15.1. The van der Waals surface area contributed by atoms with Crippen molar-refractivity contribution in [1.29, 1.82) is 0 Å². The number of hydrogen-bond acceptors (Lipinski definition) is 3. The summed E-state index contributed by atoms with van der Waals surface area (Å²) in [5.74, 6) is 0.102. The molecule has 0 radical (unpaired) electrons. The molecule has 3 heteroatoms. The number of rotatable bonds is 10. The van der Waals surface area contributed by atoms with Gasteiger partial charge in [0.25, 0.3) is 0 Å². The van der Waals surface area contributed by atoms with Gasteiger partial charge in [0.1, 0.15) is 5.78 Å². The second-order valence-electron chi connectivity index (χ2n) is 4.27. The first-order valence-corrected chi connectivity index (χ1v) is 6.25. The van der Waals surface area contributed by atoms with Crippen LogP contribution in [0.4, 0.5) is 0 Å². The molecule has 0 heterocycles. The number of ether oxygens (including phenoxy) is 1. The summed E-state index contributed by atoms with van der Waals surface area (Å²) in [6.07, 6.45) is 8.63. The van der Waals surface area contributed by atoms with Crippen LogP contribution in [0.25, 0.3) is 0 Å². The monoisotopic (exact) mass is 228 g/mol. The fourth-order valence-corrected chi connectivity index (χ4v) is 1.58. The summed E-state index contributed by atoms with van der Waals surface area (Å²) in [6.45, 7) is 3.64. The Bertz CT molecular complexity index is 177. The van der Waals surface area contributed by atoms with Gasteiger partial charge >= 0.3 is 5.97 Å². The summed E-state index contributed by atoms with van der Waals surface area (Å²) in [7, 11) is 0. The Morgan fingerprint density at radius 1 is 0.812 bits per heavy atom. The summed E-state index contributed by atoms with van der Waals surface area (Å²) < 4.78 is 4.84. The van der Waals surface area contributed by atoms with Crippen LogP contribution < -0.4 is 0 Å². The van der Waals surface area contributed by atoms with E-state index in [0.717, 1.165) is 32.1 Å². The van der Waals surface area contributed by atoms with Gasteiger partial charge in [-0.05, 0) is 19.8 Å². The number of carbonyl (C=O) groups excluding carboxylic acids is 2. The second kappa shape index (κ2) is 10.7. The fourth-order valence-electron chi connectivity index (χ4n) is 1.58. The van der Waals surface area contributed by atoms with Crippen molar-refractivity contribution in [2.75, 3.05) is 6.61 Å². The highest BCUT2D eigenvalue weighted by atomic mass is 16.5. The molecule has 16 heavy (non-hydrogen) atoms. The van der Waals surface area contributed by atoms with Crippen LogP contribution in [-0.2, 0) is 14.3 Å². The van der Waals surface area contributed by atoms with Gasteiger partial charge in [-0.15, -0.1) is 0 Å². The Morgan fingerprint density at radius 2 is 1.31 bits per heavy atom. The normalized spacial score (nSPS) is 10.1. The fraction of sp³-hybridized carbons (Fsp3) is 0.846. The highest BCUT2D eigenvalue weighted by molar-refractivity contribution is 5.75. The smallest absolute Gasteiger partial charge is 0.302 e. The Labute approximate surface area is 98.6 Å². The average Bonchev–Trinajstić information content (AvgIpc) is 2.20. The van der Waals surface area contributed by atoms with Crippen molar-refractivity contribution in [3.63, 3.8) is 0 Å². The third kappa shape index (κ3) is 13.1. The topological polar surface area (TPSA) is 43.4 Å². The predicted octanol–water partition coefficient (Wildman–Crippen LogP) is 3.26. The predicted molar refractivity (Wildman–Crippen MR) is 64.3 cm³/mol. The lowest BCUT2D eigenvalue weighted by Gasteiger charge is -2.02. The minimum Gasteiger partial charge on any atom is -0.466 e. The summed E-state index contributed by atoms with van der Waals surface area (Å²) in [4.78, 5) is 21.1. The van der Waals surface area contributed by atoms with Gasteiger partial charge in [-0.3, -0.25) is 4.79 Å². The van der Waals surface area contributed by atoms with Crippen molar-refractivity contribution in [1.82, 2.24) is 0 Å². The van der Waals surface area contributed by atoms with Gasteiger partial charge in [-0.25, -0.2) is 0 Å². The van der Waals surface area contributed by atoms with E-state index >= 15 is 0 Å². The van der Waals surface area contributed by atoms with Crippen molar-refractivity contribution in [3.05, 3.63) is 0 Å². The molecule has 0 atom stereocenters. The zero-order chi connectivity index (χ0) is 12.2. The van der Waals surface area contributed by atoms with Crippen LogP contribution in [0.15, 0.2) is 0 Å². The number of Topliss-reactive ketones (excluding diaryl/α,β-unsaturated/α-hetero) is 1. The van der Waals surface area contributed by atoms with Gasteiger partial charge in [-0.1, -0.05) is 32.1 Å². The molecule has 0 fully saturated rings. The third-order valence-electron chi connectivity index (χ3n) is 2.48. The van der Waals surface area contributed by atoms with Crippen molar-refractivity contribution in [3.8, 4) is 0 Å². The Morgan fingerprint density at radius 3 is 1.81 bits per heavy atom. The van der Waals surface area contributed by atoms with Crippen molar-refractivity contribution in [2.45, 2.75) is 65.2 Å². The number of esters is 1. The zero-order valence-corrected chi connectivity index (χ0v) is 10.6. The van der Waals surface area contributed by atoms with E-state index < -0.39 is 0 Å². The number of hydrogen-bond donors (Lipinski definition) is 0. The molecule has 0 aromatic rings. The van der Waals surface area contributed by atoms with E-state index in [1.165, 1.54) is 26.2 Å². The summed E-state index contributed by atoms with van der Waals surface area (Å²) in [6, 6.07) is 0. The first-order valence-electron chi connectivity index (χ1n) is 6.25. The van der Waals surface area contributed by atoms with Gasteiger partial charge in [0, 0.05) is 13.3 Å². The largest absolute Gasteiger partial charge is 0.466 e. The van der Waals surface area contributed by atoms with Crippen LogP contribution in [0.1, 0.15) is 65.2 Å². The average molecular weight is 228 g/mol. The molecule has 0 aliphatic rings. The maximum atomic E-state index is 10.7. The van der Waals surface area contributed by atoms with Gasteiger partial charge < -0.3 is 9.53 Å². The summed E-state index contributed by atoms with van der Waals surface area (Å²) >= 11 is 0. The number of ketones is 1. The Kier molecular flexibility index (Phi) is 10.1. The lowest BCUT2D eigenvalue weighted by molar-refractivity contribution is -0.141. The number of carbonyl (C=O) groups is 2. The van der Waals surface area contributed by atoms with Crippen LogP contribution in [0.2, 0.25) is 0 Å². The maximum absolute atomic E-state index is 10.7. The van der Waals surface area contributed by atoms with E-state index in [2.05, 4.69) is 0 Å². The lowest BCUT2D eigenvalue weighted by atomic mass is 10.1. The zero-order valence-electron chi connectivity index (χ0n) is 10.6. The van der Waals surface area contributed by atoms with E-state index in [4.69, 9.17) is 4.74 Å². The van der Waals surface area contributed by atoms with Crippen LogP contribution in [0, 0.1) is 0 Å². The molecular formula is C13H24O3. The molecular weight excluding hydrogens is 204 g/mol. The SMILES string of the molecule is CC(=O)CCCCCCCCCOC(C)=O. The standard InChI is InChI=1S/C13H24O3/c1-12(14)10-8-6-4-3-5-7-9-11-16-13(2)15/h3-11H2,1-2H3. The molecule has 0 aromatic carbocycles. The Hall–Kier alpha value is -0.860. The second-order valence-corrected chi connectivity index (χ2v) is 4.27. The molecule has 3 nitrogen and oxygen atoms in total. The molecule has 0 saturated heterocycles. The molecule has 94 valence electrons. The van der Waals surface area contributed by atoms with E-state index in [0.29, 0.717) is 12.4 Å². The minimum absolute atomic E-state index is 0.191. The van der Waals surface area contributed by atoms with Gasteiger partial charge in [0.05, 0.1) is 6.61 Å². The highest BCUT2D eigenvalue weighted by Crippen LogP contribution is 2.08. The third-order valence-corrected chi connectivity index (χ3v) is 2.48. The number of unbranched alkanes of at least 4 members (excludes halogenated alkanes) is 6. The first-order chi connectivity index (χ1) is 7.63. The van der Waals surface area contributed by atoms with Crippen LogP contribution >= 0.6 is 0 Å². The van der Waals surface area contributed by atoms with Gasteiger partial charge in [0.2, 0.25) is 0 Å². The molecule has 0 rings (SSSR count). The van der Waals surface area contributed by atoms with Gasteiger partial charge in [-0.2, -0.15) is 0 Å². The maximum Gasteiger partial charge on any atom is 0.302 e. The van der Waals surface area contributed by atoms with Crippen LogP contribution in [0.5, 0.6) is 0 Å². The molecule has 0 bridgehead atoms. The Balaban J connectivity index is 2.98. The summed E-state index contributed by atoms with van der Waals surface area (Å²) in [5.41, 5.74) is 0. The molecule has 0 amide bonds. The molecule has 0 aliphatic carbocycles. The highest BCUT2D eigenvalue weighted by Gasteiger charge is 1.95. The molecule has 0 saturated carbocycles. The van der Waals surface area contributed by atoms with E-state index in [-0.39, 0.29) is 5.97 Å². The molecule has 0 aromatic heterocycles. The molecule has 0 aliphatic heterocycles. The van der Waals surface area contributed by atoms with E-state index in [9.17, 15) is 9.59 Å². The summed E-state index contributed by atoms with van der Waals surface area (Å²) in [5, 5.41) is 0.